The number of hydrogen-bond acceptors (Lipinski definition) is 5. The molecule has 0 saturated carbocycles. The number of nitrogens with one attached hydrogen (secondary N) is 2. The van der Waals surface area contributed by atoms with E-state index in [-0.39, 0.29) is 11.9 Å². The molecule has 0 aliphatic rings. The van der Waals surface area contributed by atoms with Crippen molar-refractivity contribution in [1.82, 2.24) is 24.8 Å². The molecule has 0 fully saturated rings. The number of aromatic amines is 1. The summed E-state index contributed by atoms with van der Waals surface area (Å²) in [7, 11) is 0. The monoisotopic (exact) mass is 411 g/mol. The van der Waals surface area contributed by atoms with Crippen LogP contribution in [0.3, 0.4) is 0 Å². The van der Waals surface area contributed by atoms with Crippen molar-refractivity contribution in [2.24, 2.45) is 0 Å². The van der Waals surface area contributed by atoms with Crippen molar-refractivity contribution in [3.63, 3.8) is 0 Å². The highest BCUT2D eigenvalue weighted by molar-refractivity contribution is 7.98. The predicted molar refractivity (Wildman–Crippen MR) is 115 cm³/mol. The van der Waals surface area contributed by atoms with E-state index < -0.39 is 0 Å². The normalized spacial score (nSPS) is 12.4. The summed E-state index contributed by atoms with van der Waals surface area (Å²) in [5, 5.41) is 3.95. The molecule has 3 heterocycles. The zero-order chi connectivity index (χ0) is 19.5. The molecule has 1 aromatic carbocycles. The van der Waals surface area contributed by atoms with E-state index in [0.717, 1.165) is 39.9 Å². The topological polar surface area (TPSA) is 75.6 Å². The Labute approximate surface area is 171 Å². The SMILES string of the molecule is CSCC[C@H](NC(=O)c1sc(-n2cccc2)nc1C)c1nc2ccccc2[nH]1. The number of carbonyl (C=O) groups is 1. The number of fused-ring (bicyclic) bond motifs is 1. The van der Waals surface area contributed by atoms with Crippen LogP contribution in [-0.4, -0.2) is 37.4 Å². The third-order valence-electron chi connectivity index (χ3n) is 4.47. The molecule has 0 saturated heterocycles. The second-order valence-corrected chi connectivity index (χ2v) is 8.41. The lowest BCUT2D eigenvalue weighted by Gasteiger charge is -2.16. The van der Waals surface area contributed by atoms with Gasteiger partial charge in [-0.05, 0) is 49.6 Å². The van der Waals surface area contributed by atoms with Gasteiger partial charge in [0.2, 0.25) is 0 Å². The molecule has 0 spiro atoms. The van der Waals surface area contributed by atoms with Crippen molar-refractivity contribution in [3.05, 3.63) is 65.2 Å². The van der Waals surface area contributed by atoms with Crippen LogP contribution in [0.1, 0.15) is 33.7 Å². The lowest BCUT2D eigenvalue weighted by atomic mass is 10.2. The van der Waals surface area contributed by atoms with Gasteiger partial charge in [0.15, 0.2) is 5.13 Å². The number of benzene rings is 1. The fraction of sp³-hybridized carbons (Fsp3) is 0.250. The molecule has 0 bridgehead atoms. The van der Waals surface area contributed by atoms with E-state index in [1.54, 1.807) is 11.8 Å². The Morgan fingerprint density at radius 3 is 2.79 bits per heavy atom. The van der Waals surface area contributed by atoms with Gasteiger partial charge in [0.05, 0.1) is 22.8 Å². The number of H-pyrrole nitrogens is 1. The number of imidazole rings is 1. The van der Waals surface area contributed by atoms with Crippen LogP contribution in [0.5, 0.6) is 0 Å². The zero-order valence-corrected chi connectivity index (χ0v) is 17.3. The standard InChI is InChI=1S/C20H21N5OS2/c1-13-17(28-20(21-13)25-10-5-6-11-25)19(26)24-16(9-12-27-2)18-22-14-7-3-4-8-15(14)23-18/h3-8,10-11,16H,9,12H2,1-2H3,(H,22,23)(H,24,26)/t16-/m0/s1. The van der Waals surface area contributed by atoms with Gasteiger partial charge in [-0.2, -0.15) is 11.8 Å². The molecule has 3 aromatic heterocycles. The molecule has 1 amide bonds. The van der Waals surface area contributed by atoms with Crippen LogP contribution in [-0.2, 0) is 0 Å². The number of rotatable bonds is 7. The maximum atomic E-state index is 13.0. The number of nitrogens with zero attached hydrogens (tertiary/aromatic N) is 3. The van der Waals surface area contributed by atoms with Gasteiger partial charge in [0, 0.05) is 12.4 Å². The number of aromatic nitrogens is 4. The number of aryl methyl sites for hydroxylation is 1. The first-order chi connectivity index (χ1) is 13.7. The Morgan fingerprint density at radius 1 is 1.25 bits per heavy atom. The highest BCUT2D eigenvalue weighted by atomic mass is 32.2. The molecular formula is C20H21N5OS2. The smallest absolute Gasteiger partial charge is 0.263 e. The molecule has 0 aliphatic carbocycles. The Bertz CT molecular complexity index is 1050. The van der Waals surface area contributed by atoms with Gasteiger partial charge in [0.25, 0.3) is 5.91 Å². The molecule has 0 radical (unpaired) electrons. The van der Waals surface area contributed by atoms with Gasteiger partial charge >= 0.3 is 0 Å². The largest absolute Gasteiger partial charge is 0.341 e. The maximum Gasteiger partial charge on any atom is 0.263 e. The molecule has 2 N–H and O–H groups in total. The maximum absolute atomic E-state index is 13.0. The summed E-state index contributed by atoms with van der Waals surface area (Å²) >= 11 is 3.15. The highest BCUT2D eigenvalue weighted by Gasteiger charge is 2.22. The summed E-state index contributed by atoms with van der Waals surface area (Å²) in [6.07, 6.45) is 6.72. The Hall–Kier alpha value is -2.58. The summed E-state index contributed by atoms with van der Waals surface area (Å²) in [6.45, 7) is 1.87. The van der Waals surface area contributed by atoms with Gasteiger partial charge in [-0.3, -0.25) is 4.79 Å². The van der Waals surface area contributed by atoms with Gasteiger partial charge in [-0.25, -0.2) is 9.97 Å². The first-order valence-corrected chi connectivity index (χ1v) is 11.2. The van der Waals surface area contributed by atoms with Crippen molar-refractivity contribution in [1.29, 1.82) is 0 Å². The molecule has 1 atom stereocenters. The first kappa shape index (κ1) is 18.8. The van der Waals surface area contributed by atoms with E-state index in [0.29, 0.717) is 4.88 Å². The van der Waals surface area contributed by atoms with Crippen LogP contribution in [0.2, 0.25) is 0 Å². The summed E-state index contributed by atoms with van der Waals surface area (Å²) in [6, 6.07) is 11.6. The minimum atomic E-state index is -0.177. The fourth-order valence-electron chi connectivity index (χ4n) is 3.04. The number of amides is 1. The lowest BCUT2D eigenvalue weighted by Crippen LogP contribution is -2.29. The van der Waals surface area contributed by atoms with Crippen molar-refractivity contribution < 1.29 is 4.79 Å². The third kappa shape index (κ3) is 3.83. The van der Waals surface area contributed by atoms with Crippen LogP contribution >= 0.6 is 23.1 Å². The van der Waals surface area contributed by atoms with Gasteiger partial charge in [-0.1, -0.05) is 23.5 Å². The van der Waals surface area contributed by atoms with Crippen molar-refractivity contribution in [2.75, 3.05) is 12.0 Å². The molecule has 0 aliphatic heterocycles. The second kappa shape index (κ2) is 8.20. The molecule has 0 unspecified atom stereocenters. The molecule has 144 valence electrons. The van der Waals surface area contributed by atoms with E-state index in [1.165, 1.54) is 11.3 Å². The molecule has 6 nitrogen and oxygen atoms in total. The van der Waals surface area contributed by atoms with Gasteiger partial charge < -0.3 is 14.9 Å². The van der Waals surface area contributed by atoms with Crippen LogP contribution in [0, 0.1) is 6.92 Å². The number of hydrogen-bond donors (Lipinski definition) is 2. The molecule has 4 aromatic rings. The number of carbonyl (C=O) groups excluding carboxylic acids is 1. The number of thioether (sulfide) groups is 1. The first-order valence-electron chi connectivity index (χ1n) is 9.01. The Kier molecular flexibility index (Phi) is 5.50. The van der Waals surface area contributed by atoms with Crippen LogP contribution in [0.15, 0.2) is 48.8 Å². The number of para-hydroxylation sites is 2. The van der Waals surface area contributed by atoms with Crippen molar-refractivity contribution in [2.45, 2.75) is 19.4 Å². The van der Waals surface area contributed by atoms with E-state index >= 15 is 0 Å². The summed E-state index contributed by atoms with van der Waals surface area (Å²) in [4.78, 5) is 26.2. The van der Waals surface area contributed by atoms with Gasteiger partial charge in [0.1, 0.15) is 10.7 Å². The zero-order valence-electron chi connectivity index (χ0n) is 15.7. The second-order valence-electron chi connectivity index (χ2n) is 6.45. The van der Waals surface area contributed by atoms with E-state index in [9.17, 15) is 4.79 Å². The van der Waals surface area contributed by atoms with E-state index in [2.05, 4.69) is 26.5 Å². The van der Waals surface area contributed by atoms with Crippen molar-refractivity contribution >= 4 is 40.0 Å². The summed E-state index contributed by atoms with van der Waals surface area (Å²) < 4.78 is 1.92. The Balaban J connectivity index is 1.59. The highest BCUT2D eigenvalue weighted by Crippen LogP contribution is 2.24. The van der Waals surface area contributed by atoms with Crippen LogP contribution < -0.4 is 5.32 Å². The molecular weight excluding hydrogens is 390 g/mol. The average Bonchev–Trinajstić information content (AvgIpc) is 3.43. The third-order valence-corrected chi connectivity index (χ3v) is 6.28. The van der Waals surface area contributed by atoms with Crippen molar-refractivity contribution in [3.8, 4) is 5.13 Å². The summed E-state index contributed by atoms with van der Waals surface area (Å²) in [5.74, 6) is 1.61. The minimum absolute atomic E-state index is 0.111. The van der Waals surface area contributed by atoms with E-state index in [4.69, 9.17) is 0 Å². The lowest BCUT2D eigenvalue weighted by molar-refractivity contribution is 0.0937. The summed E-state index contributed by atoms with van der Waals surface area (Å²) in [5.41, 5.74) is 2.62. The molecule has 8 heteroatoms. The minimum Gasteiger partial charge on any atom is -0.341 e. The quantitative estimate of drug-likeness (QED) is 0.474. The van der Waals surface area contributed by atoms with Gasteiger partial charge in [-0.15, -0.1) is 0 Å². The molecule has 4 rings (SSSR count). The molecule has 28 heavy (non-hydrogen) atoms. The predicted octanol–water partition coefficient (Wildman–Crippen LogP) is 4.34. The fourth-order valence-corrected chi connectivity index (χ4v) is 4.45. The Morgan fingerprint density at radius 2 is 2.04 bits per heavy atom. The van der Waals surface area contributed by atoms with Crippen LogP contribution in [0.4, 0.5) is 0 Å². The van der Waals surface area contributed by atoms with Crippen LogP contribution in [0.25, 0.3) is 16.2 Å². The number of thiazole rings is 1. The average molecular weight is 412 g/mol. The van der Waals surface area contributed by atoms with E-state index in [1.807, 2.05) is 60.3 Å².